The largest absolute Gasteiger partial charge is 0.712 e. The zero-order valence-corrected chi connectivity index (χ0v) is 9.27. The van der Waals surface area contributed by atoms with Crippen molar-refractivity contribution in [2.24, 2.45) is 0 Å². The quantitative estimate of drug-likeness (QED) is 0.657. The maximum absolute atomic E-state index is 10.3. The zero-order chi connectivity index (χ0) is 10.6. The van der Waals surface area contributed by atoms with Gasteiger partial charge in [-0.15, -0.1) is 0 Å². The molecule has 78 valence electrons. The molecule has 1 N–H and O–H groups in total. The molecule has 0 aliphatic heterocycles. The van der Waals surface area contributed by atoms with E-state index < -0.39 is 9.05 Å². The van der Waals surface area contributed by atoms with Gasteiger partial charge in [0.15, 0.2) is 0 Å². The lowest BCUT2D eigenvalue weighted by molar-refractivity contribution is 0.392. The lowest BCUT2D eigenvalue weighted by Gasteiger charge is -2.00. The van der Waals surface area contributed by atoms with Crippen LogP contribution in [0.15, 0.2) is 24.3 Å². The molecule has 0 saturated heterocycles. The SMILES string of the molecule is O=S([O-])(O)=[S+]COc1ccccc1Cl. The zero-order valence-electron chi connectivity index (χ0n) is 6.88. The maximum Gasteiger partial charge on any atom is 0.326 e. The summed E-state index contributed by atoms with van der Waals surface area (Å²) in [6, 6.07) is 6.66. The Bertz CT molecular complexity index is 417. The number of ether oxygens (including phenoxy) is 1. The van der Waals surface area contributed by atoms with E-state index in [4.69, 9.17) is 20.9 Å². The molecule has 0 aromatic heterocycles. The van der Waals surface area contributed by atoms with Crippen molar-refractivity contribution in [2.45, 2.75) is 0 Å². The Morgan fingerprint density at radius 2 is 2.21 bits per heavy atom. The molecule has 0 fully saturated rings. The predicted molar refractivity (Wildman–Crippen MR) is 55.9 cm³/mol. The Kier molecular flexibility index (Phi) is 4.09. The molecule has 0 spiro atoms. The third-order valence-corrected chi connectivity index (χ3v) is 3.25. The fourth-order valence-electron chi connectivity index (χ4n) is 0.710. The monoisotopic (exact) mass is 254 g/mol. The molecule has 0 heterocycles. The van der Waals surface area contributed by atoms with Crippen LogP contribution in [0, 0.1) is 0 Å². The van der Waals surface area contributed by atoms with Crippen molar-refractivity contribution in [1.29, 1.82) is 0 Å². The molecule has 0 radical (unpaired) electrons. The average Bonchev–Trinajstić information content (AvgIpc) is 2.06. The van der Waals surface area contributed by atoms with E-state index in [2.05, 4.69) is 0 Å². The second kappa shape index (κ2) is 4.90. The van der Waals surface area contributed by atoms with Gasteiger partial charge in [0.25, 0.3) is 19.4 Å². The first-order valence-corrected chi connectivity index (χ1v) is 6.80. The molecule has 1 unspecified atom stereocenters. The first-order chi connectivity index (χ1) is 6.49. The molecule has 0 amide bonds. The molecule has 0 aliphatic carbocycles. The minimum atomic E-state index is -4.06. The molecule has 1 rings (SSSR count). The summed E-state index contributed by atoms with van der Waals surface area (Å²) in [6.07, 6.45) is 0. The summed E-state index contributed by atoms with van der Waals surface area (Å²) in [7, 11) is -3.77. The van der Waals surface area contributed by atoms with Gasteiger partial charge in [0.1, 0.15) is 5.75 Å². The maximum atomic E-state index is 10.3. The summed E-state index contributed by atoms with van der Waals surface area (Å²) in [5.74, 6) is 0.174. The molecule has 1 aromatic carbocycles. The van der Waals surface area contributed by atoms with Crippen molar-refractivity contribution < 1.29 is 18.1 Å². The minimum Gasteiger partial charge on any atom is -0.712 e. The van der Waals surface area contributed by atoms with E-state index in [1.54, 1.807) is 24.3 Å². The van der Waals surface area contributed by atoms with Gasteiger partial charge in [0, 0.05) is 0 Å². The number of hydrogen-bond acceptors (Lipinski definition) is 3. The molecule has 1 atom stereocenters. The van der Waals surface area contributed by atoms with E-state index in [0.29, 0.717) is 10.8 Å². The smallest absolute Gasteiger partial charge is 0.326 e. The molecule has 0 saturated carbocycles. The van der Waals surface area contributed by atoms with Crippen LogP contribution in [0.1, 0.15) is 0 Å². The van der Waals surface area contributed by atoms with E-state index in [9.17, 15) is 8.76 Å². The summed E-state index contributed by atoms with van der Waals surface area (Å²) in [5.41, 5.74) is 0. The molecule has 14 heavy (non-hydrogen) atoms. The highest BCUT2D eigenvalue weighted by molar-refractivity contribution is 8.33. The van der Waals surface area contributed by atoms with Gasteiger partial charge in [-0.2, -0.15) is 4.21 Å². The third kappa shape index (κ3) is 4.21. The number of para-hydroxylation sites is 1. The number of rotatable bonds is 3. The van der Waals surface area contributed by atoms with Crippen LogP contribution in [0.2, 0.25) is 5.02 Å². The Hall–Kier alpha value is -0.400. The Labute approximate surface area is 90.1 Å². The van der Waals surface area contributed by atoms with Crippen LogP contribution in [-0.4, -0.2) is 19.3 Å². The fourth-order valence-corrected chi connectivity index (χ4v) is 1.71. The van der Waals surface area contributed by atoms with Crippen molar-refractivity contribution in [3.8, 4) is 5.75 Å². The highest BCUT2D eigenvalue weighted by atomic mass is 35.5. The van der Waals surface area contributed by atoms with Crippen molar-refractivity contribution in [3.05, 3.63) is 29.3 Å². The lowest BCUT2D eigenvalue weighted by Crippen LogP contribution is -2.03. The lowest BCUT2D eigenvalue weighted by atomic mass is 10.3. The van der Waals surface area contributed by atoms with Gasteiger partial charge in [-0.3, -0.25) is 4.55 Å². The first-order valence-electron chi connectivity index (χ1n) is 3.48. The van der Waals surface area contributed by atoms with Gasteiger partial charge in [-0.05, 0) is 12.1 Å². The van der Waals surface area contributed by atoms with E-state index in [-0.39, 0.29) is 16.3 Å². The van der Waals surface area contributed by atoms with Crippen molar-refractivity contribution in [1.82, 2.24) is 0 Å². The number of hydrogen-bond donors (Lipinski definition) is 1. The summed E-state index contributed by atoms with van der Waals surface area (Å²) < 4.78 is 34.0. The Morgan fingerprint density at radius 3 is 2.79 bits per heavy atom. The van der Waals surface area contributed by atoms with E-state index in [1.165, 1.54) is 0 Å². The molecular formula is C7H7ClO4S2. The standard InChI is InChI=1S/C7H7ClO4S2/c8-6-3-1-2-4-7(6)12-5-13-14(9,10)11/h1-4H,5H2,(H-,9,10,11). The van der Waals surface area contributed by atoms with E-state index in [1.807, 2.05) is 0 Å². The summed E-state index contributed by atoms with van der Waals surface area (Å²) in [6.45, 7) is 0. The first kappa shape index (κ1) is 11.7. The molecule has 7 heteroatoms. The fraction of sp³-hybridized carbons (Fsp3) is 0.143. The van der Waals surface area contributed by atoms with Gasteiger partial charge in [0.2, 0.25) is 0 Å². The van der Waals surface area contributed by atoms with Gasteiger partial charge < -0.3 is 9.29 Å². The highest BCUT2D eigenvalue weighted by Gasteiger charge is 2.05. The summed E-state index contributed by atoms with van der Waals surface area (Å²) in [5, 5.41) is 0.392. The third-order valence-electron chi connectivity index (χ3n) is 1.25. The Morgan fingerprint density at radius 1 is 1.57 bits per heavy atom. The van der Waals surface area contributed by atoms with Crippen LogP contribution in [0.5, 0.6) is 5.75 Å². The molecule has 4 nitrogen and oxygen atoms in total. The van der Waals surface area contributed by atoms with Crippen LogP contribution < -0.4 is 4.74 Å². The normalized spacial score (nSPS) is 14.5. The number of halogens is 1. The van der Waals surface area contributed by atoms with E-state index in [0.717, 1.165) is 0 Å². The van der Waals surface area contributed by atoms with E-state index >= 15 is 0 Å². The van der Waals surface area contributed by atoms with Crippen molar-refractivity contribution >= 4 is 31.0 Å². The molecule has 0 bridgehead atoms. The van der Waals surface area contributed by atoms with Crippen LogP contribution in [0.4, 0.5) is 0 Å². The van der Waals surface area contributed by atoms with Crippen molar-refractivity contribution in [3.63, 3.8) is 0 Å². The second-order valence-electron chi connectivity index (χ2n) is 2.24. The Balaban J connectivity index is 2.64. The topological polar surface area (TPSA) is 69.6 Å². The van der Waals surface area contributed by atoms with Gasteiger partial charge >= 0.3 is 5.94 Å². The molecular weight excluding hydrogens is 248 g/mol. The van der Waals surface area contributed by atoms with Crippen LogP contribution in [0.25, 0.3) is 0 Å². The summed E-state index contributed by atoms with van der Waals surface area (Å²) in [4.78, 5) is 0. The second-order valence-corrected chi connectivity index (χ2v) is 5.94. The molecule has 0 aliphatic rings. The van der Waals surface area contributed by atoms with Gasteiger partial charge in [0.05, 0.1) is 5.02 Å². The van der Waals surface area contributed by atoms with Crippen molar-refractivity contribution in [2.75, 3.05) is 5.94 Å². The van der Waals surface area contributed by atoms with Crippen LogP contribution in [-0.2, 0) is 19.4 Å². The van der Waals surface area contributed by atoms with Crippen LogP contribution in [0.3, 0.4) is 0 Å². The average molecular weight is 255 g/mol. The summed E-state index contributed by atoms with van der Waals surface area (Å²) >= 11 is 5.73. The van der Waals surface area contributed by atoms with Gasteiger partial charge in [-0.1, -0.05) is 23.7 Å². The number of benzene rings is 1. The highest BCUT2D eigenvalue weighted by Crippen LogP contribution is 2.22. The molecule has 1 aromatic rings. The van der Waals surface area contributed by atoms with Gasteiger partial charge in [-0.25, -0.2) is 0 Å². The van der Waals surface area contributed by atoms with Crippen LogP contribution >= 0.6 is 11.6 Å². The minimum absolute atomic E-state index is 0.206. The predicted octanol–water partition coefficient (Wildman–Crippen LogP) is 1.56.